The van der Waals surface area contributed by atoms with Crippen molar-refractivity contribution in [1.82, 2.24) is 25.3 Å². The number of alkyl halides is 3. The van der Waals surface area contributed by atoms with E-state index in [2.05, 4.69) is 41.2 Å². The van der Waals surface area contributed by atoms with Crippen LogP contribution in [-0.2, 0) is 9.59 Å². The fourth-order valence-corrected chi connectivity index (χ4v) is 9.13. The van der Waals surface area contributed by atoms with E-state index in [0.717, 1.165) is 71.4 Å². The van der Waals surface area contributed by atoms with Gasteiger partial charge < -0.3 is 25.3 Å². The van der Waals surface area contributed by atoms with Crippen LogP contribution in [0.15, 0.2) is 0 Å². The van der Waals surface area contributed by atoms with Crippen molar-refractivity contribution in [1.29, 1.82) is 0 Å². The van der Waals surface area contributed by atoms with Gasteiger partial charge in [-0.05, 0) is 88.5 Å². The minimum atomic E-state index is -4.29. The Labute approximate surface area is 250 Å². The van der Waals surface area contributed by atoms with Crippen molar-refractivity contribution < 1.29 is 22.8 Å². The number of nitrogens with zero attached hydrogens (tertiary/aromatic N) is 3. The number of carbonyl (C=O) groups is 2. The second-order valence-corrected chi connectivity index (χ2v) is 14.5. The van der Waals surface area contributed by atoms with Gasteiger partial charge in [-0.1, -0.05) is 13.8 Å². The average Bonchev–Trinajstić information content (AvgIpc) is 2.96. The number of halogens is 3. The molecule has 0 spiro atoms. The Bertz CT molecular complexity index is 942. The van der Waals surface area contributed by atoms with Crippen LogP contribution in [0.25, 0.3) is 0 Å². The van der Waals surface area contributed by atoms with E-state index in [1.165, 1.54) is 0 Å². The number of piperidine rings is 2. The summed E-state index contributed by atoms with van der Waals surface area (Å²) in [5.41, 5.74) is 0. The van der Waals surface area contributed by atoms with Gasteiger partial charge in [-0.25, -0.2) is 0 Å². The zero-order valence-electron chi connectivity index (χ0n) is 26.2. The Morgan fingerprint density at radius 3 is 2.38 bits per heavy atom. The van der Waals surface area contributed by atoms with Crippen molar-refractivity contribution in [2.45, 2.75) is 96.4 Å². The molecular formula is C32H54F3N5O2. The lowest BCUT2D eigenvalue weighted by molar-refractivity contribution is -0.202. The third-order valence-electron chi connectivity index (χ3n) is 11.9. The highest BCUT2D eigenvalue weighted by molar-refractivity contribution is 5.81. The number of rotatable bonds is 6. The third-order valence-corrected chi connectivity index (χ3v) is 11.9. The van der Waals surface area contributed by atoms with E-state index in [0.29, 0.717) is 37.3 Å². The van der Waals surface area contributed by atoms with E-state index in [1.807, 2.05) is 11.9 Å². The highest BCUT2D eigenvalue weighted by atomic mass is 19.4. The van der Waals surface area contributed by atoms with Crippen LogP contribution in [0.3, 0.4) is 0 Å². The van der Waals surface area contributed by atoms with Gasteiger partial charge in [0.1, 0.15) is 0 Å². The van der Waals surface area contributed by atoms with Crippen LogP contribution in [0.1, 0.15) is 72.1 Å². The SMILES string of the molecule is CCN1CCN(CC2CCC(C(=O)NC3CCC(C)C(C4CC5CNC(C)CC5N(C)C4=O)C3)CC2C(F)(F)F)CC1. The number of hydrogen-bond acceptors (Lipinski definition) is 5. The maximum absolute atomic E-state index is 14.3. The van der Waals surface area contributed by atoms with Crippen molar-refractivity contribution in [2.24, 2.45) is 41.4 Å². The topological polar surface area (TPSA) is 67.9 Å². The maximum Gasteiger partial charge on any atom is 0.392 e. The van der Waals surface area contributed by atoms with Crippen LogP contribution >= 0.6 is 0 Å². The van der Waals surface area contributed by atoms with E-state index in [4.69, 9.17) is 0 Å². The molecule has 5 fully saturated rings. The van der Waals surface area contributed by atoms with Crippen molar-refractivity contribution >= 4 is 11.8 Å². The highest BCUT2D eigenvalue weighted by Gasteiger charge is 2.50. The average molecular weight is 598 g/mol. The largest absolute Gasteiger partial charge is 0.392 e. The zero-order valence-corrected chi connectivity index (χ0v) is 26.2. The normalized spacial score (nSPS) is 40.9. The summed E-state index contributed by atoms with van der Waals surface area (Å²) in [5, 5.41) is 6.77. The Morgan fingerprint density at radius 1 is 0.976 bits per heavy atom. The quantitative estimate of drug-likeness (QED) is 0.485. The standard InChI is InChI=1S/C32H54F3N5O2/c1-5-39-10-12-40(13-11-39)19-23-8-7-22(16-28(23)32(33,34)35)30(41)37-25-9-6-20(2)26(17-25)27-15-24-18-36-21(3)14-29(24)38(4)31(27)42/h20-29,36H,5-19H2,1-4H3,(H,37,41). The lowest BCUT2D eigenvalue weighted by Gasteiger charge is -2.50. The fourth-order valence-electron chi connectivity index (χ4n) is 9.13. The summed E-state index contributed by atoms with van der Waals surface area (Å²) in [4.78, 5) is 33.5. The van der Waals surface area contributed by atoms with Crippen LogP contribution in [0.4, 0.5) is 13.2 Å². The summed E-state index contributed by atoms with van der Waals surface area (Å²) >= 11 is 0. The molecule has 3 aliphatic heterocycles. The second-order valence-electron chi connectivity index (χ2n) is 14.5. The molecule has 5 rings (SSSR count). The van der Waals surface area contributed by atoms with E-state index in [-0.39, 0.29) is 42.2 Å². The van der Waals surface area contributed by atoms with Crippen molar-refractivity contribution in [3.63, 3.8) is 0 Å². The molecule has 240 valence electrons. The second kappa shape index (κ2) is 13.3. The number of carbonyl (C=O) groups excluding carboxylic acids is 2. The molecular weight excluding hydrogens is 543 g/mol. The lowest BCUT2D eigenvalue weighted by Crippen LogP contribution is -2.60. The molecule has 10 heteroatoms. The number of piperazine rings is 1. The molecule has 2 saturated carbocycles. The molecule has 0 aromatic rings. The highest BCUT2D eigenvalue weighted by Crippen LogP contribution is 2.46. The Balaban J connectivity index is 1.17. The first kappa shape index (κ1) is 32.0. The predicted octanol–water partition coefficient (Wildman–Crippen LogP) is 3.98. The zero-order chi connectivity index (χ0) is 30.2. The lowest BCUT2D eigenvalue weighted by atomic mass is 9.65. The van der Waals surface area contributed by atoms with Crippen molar-refractivity contribution in [3.05, 3.63) is 0 Å². The van der Waals surface area contributed by atoms with Crippen LogP contribution in [0.2, 0.25) is 0 Å². The van der Waals surface area contributed by atoms with Crippen molar-refractivity contribution in [3.8, 4) is 0 Å². The molecule has 2 aliphatic carbocycles. The number of nitrogens with one attached hydrogen (secondary N) is 2. The molecule has 2 N–H and O–H groups in total. The molecule has 3 saturated heterocycles. The number of likely N-dealkylation sites (N-methyl/N-ethyl adjacent to an activating group) is 1. The first-order valence-electron chi connectivity index (χ1n) is 16.8. The Hall–Kier alpha value is -1.39. The Kier molecular flexibility index (Phi) is 10.1. The van der Waals surface area contributed by atoms with Gasteiger partial charge in [0.05, 0.1) is 5.92 Å². The molecule has 10 unspecified atom stereocenters. The summed E-state index contributed by atoms with van der Waals surface area (Å²) in [7, 11) is 1.95. The van der Waals surface area contributed by atoms with Crippen LogP contribution in [0, 0.1) is 41.4 Å². The van der Waals surface area contributed by atoms with E-state index < -0.39 is 23.9 Å². The van der Waals surface area contributed by atoms with E-state index in [9.17, 15) is 22.8 Å². The molecule has 3 heterocycles. The molecule has 10 atom stereocenters. The summed E-state index contributed by atoms with van der Waals surface area (Å²) < 4.78 is 42.8. The minimum absolute atomic E-state index is 0.0506. The van der Waals surface area contributed by atoms with Gasteiger partial charge in [-0.3, -0.25) is 9.59 Å². The first-order chi connectivity index (χ1) is 19.9. The predicted molar refractivity (Wildman–Crippen MR) is 158 cm³/mol. The van der Waals surface area contributed by atoms with Gasteiger partial charge in [0.25, 0.3) is 0 Å². The summed E-state index contributed by atoms with van der Waals surface area (Å²) in [6.45, 7) is 12.3. The van der Waals surface area contributed by atoms with Crippen LogP contribution in [-0.4, -0.2) is 104 Å². The fraction of sp³-hybridized carbons (Fsp3) is 0.938. The summed E-state index contributed by atoms with van der Waals surface area (Å²) in [6, 6.07) is 0.628. The third kappa shape index (κ3) is 7.12. The van der Waals surface area contributed by atoms with Gasteiger partial charge in [0, 0.05) is 76.3 Å². The molecule has 0 bridgehead atoms. The number of hydrogen-bond donors (Lipinski definition) is 2. The molecule has 0 radical (unpaired) electrons. The summed E-state index contributed by atoms with van der Waals surface area (Å²) in [5.74, 6) is -1.49. The Morgan fingerprint density at radius 2 is 1.69 bits per heavy atom. The number of likely N-dealkylation sites (tertiary alicyclic amines) is 1. The van der Waals surface area contributed by atoms with Gasteiger partial charge in [-0.15, -0.1) is 0 Å². The van der Waals surface area contributed by atoms with Gasteiger partial charge >= 0.3 is 6.18 Å². The molecule has 5 aliphatic rings. The molecule has 0 aromatic carbocycles. The van der Waals surface area contributed by atoms with Gasteiger partial charge in [0.2, 0.25) is 11.8 Å². The first-order valence-corrected chi connectivity index (χ1v) is 16.8. The summed E-state index contributed by atoms with van der Waals surface area (Å²) in [6.07, 6.45) is 0.912. The van der Waals surface area contributed by atoms with Crippen molar-refractivity contribution in [2.75, 3.05) is 52.9 Å². The van der Waals surface area contributed by atoms with E-state index in [1.54, 1.807) is 0 Å². The molecule has 0 aromatic heterocycles. The van der Waals surface area contributed by atoms with Crippen LogP contribution in [0.5, 0.6) is 0 Å². The van der Waals surface area contributed by atoms with Gasteiger partial charge in [-0.2, -0.15) is 13.2 Å². The number of fused-ring (bicyclic) bond motifs is 1. The number of amides is 2. The molecule has 42 heavy (non-hydrogen) atoms. The van der Waals surface area contributed by atoms with Gasteiger partial charge in [0.15, 0.2) is 0 Å². The monoisotopic (exact) mass is 597 g/mol. The maximum atomic E-state index is 14.3. The smallest absolute Gasteiger partial charge is 0.353 e. The van der Waals surface area contributed by atoms with E-state index >= 15 is 0 Å². The van der Waals surface area contributed by atoms with Crippen LogP contribution < -0.4 is 10.6 Å². The molecule has 2 amide bonds. The minimum Gasteiger partial charge on any atom is -0.353 e. The molecule has 7 nitrogen and oxygen atoms in total.